The Hall–Kier alpha value is -1.28. The first kappa shape index (κ1) is 11.2. The van der Waals surface area contributed by atoms with Gasteiger partial charge in [-0.2, -0.15) is 8.42 Å². The summed E-state index contributed by atoms with van der Waals surface area (Å²) < 4.78 is 25.9. The van der Waals surface area contributed by atoms with E-state index in [4.69, 9.17) is 5.11 Å². The Labute approximate surface area is 97.4 Å². The zero-order valence-corrected chi connectivity index (χ0v) is 10.2. The minimum absolute atomic E-state index is 0.294. The van der Waals surface area contributed by atoms with Crippen LogP contribution in [0.15, 0.2) is 17.6 Å². The van der Waals surface area contributed by atoms with Crippen LogP contribution in [0.25, 0.3) is 0 Å². The third-order valence-corrected chi connectivity index (χ3v) is 4.58. The second-order valence-corrected chi connectivity index (χ2v) is 5.91. The fourth-order valence-electron chi connectivity index (χ4n) is 1.39. The van der Waals surface area contributed by atoms with Crippen LogP contribution in [0.1, 0.15) is 10.6 Å². The number of aliphatic hydroxyl groups is 1. The molecule has 0 spiro atoms. The second-order valence-electron chi connectivity index (χ2n) is 3.34. The maximum absolute atomic E-state index is 11.4. The van der Waals surface area contributed by atoms with E-state index >= 15 is 0 Å². The van der Waals surface area contributed by atoms with E-state index in [1.54, 1.807) is 5.51 Å². The molecule has 0 bridgehead atoms. The molecule has 0 atom stereocenters. The van der Waals surface area contributed by atoms with Gasteiger partial charge in [0.2, 0.25) is 5.88 Å². The van der Waals surface area contributed by atoms with Crippen molar-refractivity contribution in [2.75, 3.05) is 6.54 Å². The van der Waals surface area contributed by atoms with E-state index in [0.717, 1.165) is 14.9 Å². The highest BCUT2D eigenvalue weighted by Gasteiger charge is 2.26. The van der Waals surface area contributed by atoms with E-state index in [9.17, 15) is 8.42 Å². The predicted molar refractivity (Wildman–Crippen MR) is 60.0 cm³/mol. The molecule has 2 rings (SSSR count). The van der Waals surface area contributed by atoms with Crippen LogP contribution in [0.4, 0.5) is 0 Å². The van der Waals surface area contributed by atoms with Crippen molar-refractivity contribution in [3.8, 4) is 0 Å². The lowest BCUT2D eigenvalue weighted by Gasteiger charge is -2.12. The van der Waals surface area contributed by atoms with Crippen LogP contribution in [-0.4, -0.2) is 29.4 Å². The Bertz CT molecular complexity index is 520. The number of nitrogens with one attached hydrogen (secondary N) is 1. The van der Waals surface area contributed by atoms with Gasteiger partial charge in [0.15, 0.2) is 0 Å². The normalized spacial score (nSPS) is 18.3. The standard InChI is InChI=1S/C8H11N3O3S2/c1-6-7(15-5-9-6)2-3-11-4-8(12)10-16(11,13)14/h4-5,10,12H,2-3H2,1H3. The Morgan fingerprint density at radius 3 is 2.88 bits per heavy atom. The molecule has 0 saturated carbocycles. The van der Waals surface area contributed by atoms with Crippen LogP contribution in [0.5, 0.6) is 0 Å². The van der Waals surface area contributed by atoms with Crippen LogP contribution < -0.4 is 4.72 Å². The van der Waals surface area contributed by atoms with Gasteiger partial charge in [-0.25, -0.2) is 9.71 Å². The molecule has 16 heavy (non-hydrogen) atoms. The maximum Gasteiger partial charge on any atom is 0.325 e. The molecule has 0 aliphatic carbocycles. The molecule has 0 amide bonds. The summed E-state index contributed by atoms with van der Waals surface area (Å²) in [6.07, 6.45) is 1.76. The SMILES string of the molecule is Cc1ncsc1CCN1C=C(O)NS1(=O)=O. The van der Waals surface area contributed by atoms with Crippen LogP contribution in [0, 0.1) is 6.92 Å². The van der Waals surface area contributed by atoms with Crippen molar-refractivity contribution in [2.45, 2.75) is 13.3 Å². The third-order valence-electron chi connectivity index (χ3n) is 2.21. The summed E-state index contributed by atoms with van der Waals surface area (Å²) in [7, 11) is -3.58. The minimum atomic E-state index is -3.58. The summed E-state index contributed by atoms with van der Waals surface area (Å²) in [5.41, 5.74) is 2.65. The van der Waals surface area contributed by atoms with E-state index in [-0.39, 0.29) is 5.88 Å². The summed E-state index contributed by atoms with van der Waals surface area (Å²) in [6, 6.07) is 0. The molecule has 0 unspecified atom stereocenters. The topological polar surface area (TPSA) is 82.5 Å². The summed E-state index contributed by atoms with van der Waals surface area (Å²) in [4.78, 5) is 5.13. The van der Waals surface area contributed by atoms with E-state index in [2.05, 4.69) is 4.98 Å². The van der Waals surface area contributed by atoms with Gasteiger partial charge in [0.05, 0.1) is 17.4 Å². The van der Waals surface area contributed by atoms with Gasteiger partial charge >= 0.3 is 10.2 Å². The van der Waals surface area contributed by atoms with Crippen LogP contribution in [0.3, 0.4) is 0 Å². The van der Waals surface area contributed by atoms with Crippen LogP contribution in [-0.2, 0) is 16.6 Å². The lowest BCUT2D eigenvalue weighted by Crippen LogP contribution is -2.31. The molecule has 2 heterocycles. The molecule has 0 saturated heterocycles. The summed E-state index contributed by atoms with van der Waals surface area (Å²) in [5, 5.41) is 9.07. The second kappa shape index (κ2) is 3.95. The number of rotatable bonds is 3. The first-order valence-electron chi connectivity index (χ1n) is 4.58. The van der Waals surface area contributed by atoms with Crippen LogP contribution in [0.2, 0.25) is 0 Å². The Morgan fingerprint density at radius 2 is 2.38 bits per heavy atom. The van der Waals surface area contributed by atoms with Gasteiger partial charge in [-0.3, -0.25) is 4.31 Å². The number of thiazole rings is 1. The number of aliphatic hydroxyl groups excluding tert-OH is 1. The van der Waals surface area contributed by atoms with Crippen molar-refractivity contribution in [3.63, 3.8) is 0 Å². The molecule has 8 heteroatoms. The lowest BCUT2D eigenvalue weighted by atomic mass is 10.3. The number of nitrogens with zero attached hydrogens (tertiary/aromatic N) is 2. The number of hydrogen-bond donors (Lipinski definition) is 2. The smallest absolute Gasteiger partial charge is 0.325 e. The molecule has 1 aliphatic rings. The summed E-state index contributed by atoms with van der Waals surface area (Å²) >= 11 is 1.50. The molecule has 88 valence electrons. The highest BCUT2D eigenvalue weighted by atomic mass is 32.2. The summed E-state index contributed by atoms with van der Waals surface area (Å²) in [5.74, 6) is -0.346. The van der Waals surface area contributed by atoms with Gasteiger partial charge in [-0.15, -0.1) is 11.3 Å². The van der Waals surface area contributed by atoms with Gasteiger partial charge in [-0.1, -0.05) is 0 Å². The molecule has 0 fully saturated rings. The zero-order chi connectivity index (χ0) is 11.8. The van der Waals surface area contributed by atoms with Gasteiger partial charge in [0.25, 0.3) is 0 Å². The molecular weight excluding hydrogens is 250 g/mol. The molecular formula is C8H11N3O3S2. The van der Waals surface area contributed by atoms with Gasteiger partial charge in [0.1, 0.15) is 0 Å². The molecule has 0 aromatic carbocycles. The Kier molecular flexibility index (Phi) is 2.76. The van der Waals surface area contributed by atoms with E-state index in [1.165, 1.54) is 17.5 Å². The highest BCUT2D eigenvalue weighted by molar-refractivity contribution is 7.87. The van der Waals surface area contributed by atoms with Gasteiger partial charge in [-0.05, 0) is 6.92 Å². The van der Waals surface area contributed by atoms with Gasteiger partial charge in [0, 0.05) is 17.8 Å². The number of aryl methyl sites for hydroxylation is 1. The molecule has 0 radical (unpaired) electrons. The maximum atomic E-state index is 11.4. The molecule has 6 nitrogen and oxygen atoms in total. The first-order valence-corrected chi connectivity index (χ1v) is 6.90. The van der Waals surface area contributed by atoms with Crippen molar-refractivity contribution in [2.24, 2.45) is 0 Å². The zero-order valence-electron chi connectivity index (χ0n) is 8.54. The van der Waals surface area contributed by atoms with E-state index < -0.39 is 10.2 Å². The summed E-state index contributed by atoms with van der Waals surface area (Å²) in [6.45, 7) is 2.18. The Morgan fingerprint density at radius 1 is 1.62 bits per heavy atom. The van der Waals surface area contributed by atoms with Crippen molar-refractivity contribution < 1.29 is 13.5 Å². The molecule has 2 N–H and O–H groups in total. The molecule has 1 aromatic heterocycles. The van der Waals surface area contributed by atoms with E-state index in [0.29, 0.717) is 13.0 Å². The third kappa shape index (κ3) is 2.12. The molecule has 1 aromatic rings. The van der Waals surface area contributed by atoms with E-state index in [1.807, 2.05) is 11.6 Å². The quantitative estimate of drug-likeness (QED) is 0.830. The monoisotopic (exact) mass is 261 g/mol. The fourth-order valence-corrected chi connectivity index (χ4v) is 3.16. The molecule has 1 aliphatic heterocycles. The Balaban J connectivity index is 2.04. The lowest BCUT2D eigenvalue weighted by molar-refractivity contribution is 0.390. The van der Waals surface area contributed by atoms with Crippen molar-refractivity contribution in [3.05, 3.63) is 28.2 Å². The first-order chi connectivity index (χ1) is 7.49. The van der Waals surface area contributed by atoms with Crippen molar-refractivity contribution >= 4 is 21.5 Å². The average Bonchev–Trinajstić information content (AvgIpc) is 2.67. The largest absolute Gasteiger partial charge is 0.493 e. The fraction of sp³-hybridized carbons (Fsp3) is 0.375. The predicted octanol–water partition coefficient (Wildman–Crippen LogP) is 0.501. The average molecular weight is 261 g/mol. The van der Waals surface area contributed by atoms with Crippen LogP contribution >= 0.6 is 11.3 Å². The van der Waals surface area contributed by atoms with Crippen molar-refractivity contribution in [1.82, 2.24) is 14.0 Å². The van der Waals surface area contributed by atoms with Crippen molar-refractivity contribution in [1.29, 1.82) is 0 Å². The van der Waals surface area contributed by atoms with Gasteiger partial charge < -0.3 is 5.11 Å². The highest BCUT2D eigenvalue weighted by Crippen LogP contribution is 2.16. The number of hydrogen-bond acceptors (Lipinski definition) is 5. The number of aromatic nitrogens is 1. The minimum Gasteiger partial charge on any atom is -0.493 e.